The molecule has 7 nitrogen and oxygen atoms in total. The minimum absolute atomic E-state index is 0.159. The average Bonchev–Trinajstić information content (AvgIpc) is 2.52. The number of carboxylic acids is 1. The maximum Gasteiger partial charge on any atom is 0.306 e. The lowest BCUT2D eigenvalue weighted by Gasteiger charge is -2.32. The van der Waals surface area contributed by atoms with Crippen LogP contribution < -0.4 is 0 Å². The fourth-order valence-corrected chi connectivity index (χ4v) is 3.76. The van der Waals surface area contributed by atoms with Crippen LogP contribution in [0.4, 0.5) is 0 Å². The van der Waals surface area contributed by atoms with Gasteiger partial charge in [0, 0.05) is 24.9 Å². The number of amides is 1. The number of hydrogen-bond acceptors (Lipinski definition) is 5. The molecule has 1 aliphatic heterocycles. The molecule has 1 fully saturated rings. The highest BCUT2D eigenvalue weighted by Crippen LogP contribution is 2.20. The molecule has 2 rings (SSSR count). The Morgan fingerprint density at radius 3 is 2.67 bits per heavy atom. The second-order valence-corrected chi connectivity index (χ2v) is 7.77. The summed E-state index contributed by atoms with van der Waals surface area (Å²) < 4.78 is 29.2. The maximum atomic E-state index is 12.6. The number of carbonyl (C=O) groups is 2. The van der Waals surface area contributed by atoms with Gasteiger partial charge in [-0.25, -0.2) is 8.42 Å². The van der Waals surface area contributed by atoms with Gasteiger partial charge in [0.2, 0.25) is 0 Å². The van der Waals surface area contributed by atoms with E-state index in [1.54, 1.807) is 12.1 Å². The summed E-state index contributed by atoms with van der Waals surface area (Å²) in [6, 6.07) is 4.66. The fraction of sp³-hybridized carbons (Fsp3) is 0.500. The number of carboxylic acid groups (broad SMARTS) is 1. The Hall–Kier alpha value is -1.93. The molecular weight excluding hydrogens is 334 g/mol. The van der Waals surface area contributed by atoms with E-state index < -0.39 is 21.9 Å². The van der Waals surface area contributed by atoms with Gasteiger partial charge in [0.15, 0.2) is 9.84 Å². The number of aliphatic carboxylic acids is 1. The van der Waals surface area contributed by atoms with Crippen molar-refractivity contribution in [3.8, 4) is 0 Å². The van der Waals surface area contributed by atoms with E-state index in [1.807, 2.05) is 6.92 Å². The Morgan fingerprint density at radius 1 is 1.38 bits per heavy atom. The van der Waals surface area contributed by atoms with Crippen LogP contribution in [0.1, 0.15) is 29.3 Å². The van der Waals surface area contributed by atoms with Crippen molar-refractivity contribution < 1.29 is 27.9 Å². The summed E-state index contributed by atoms with van der Waals surface area (Å²) in [5, 5.41) is 8.84. The van der Waals surface area contributed by atoms with Crippen LogP contribution in [-0.2, 0) is 25.8 Å². The minimum atomic E-state index is -3.43. The predicted molar refractivity (Wildman–Crippen MR) is 86.8 cm³/mol. The molecule has 0 saturated carbocycles. The quantitative estimate of drug-likeness (QED) is 0.844. The van der Waals surface area contributed by atoms with Gasteiger partial charge in [-0.15, -0.1) is 0 Å². The first-order chi connectivity index (χ1) is 11.2. The lowest BCUT2D eigenvalue weighted by molar-refractivity contribution is -0.141. The zero-order chi connectivity index (χ0) is 17.9. The first-order valence-electron chi connectivity index (χ1n) is 7.68. The van der Waals surface area contributed by atoms with Gasteiger partial charge >= 0.3 is 5.97 Å². The van der Waals surface area contributed by atoms with Gasteiger partial charge in [0.25, 0.3) is 5.91 Å². The Morgan fingerprint density at radius 2 is 2.08 bits per heavy atom. The van der Waals surface area contributed by atoms with Crippen LogP contribution in [0, 0.1) is 0 Å². The van der Waals surface area contributed by atoms with E-state index in [1.165, 1.54) is 11.0 Å². The van der Waals surface area contributed by atoms with E-state index in [9.17, 15) is 18.0 Å². The van der Waals surface area contributed by atoms with E-state index in [2.05, 4.69) is 0 Å². The number of hydrogen-bond donors (Lipinski definition) is 1. The first-order valence-corrected chi connectivity index (χ1v) is 9.57. The summed E-state index contributed by atoms with van der Waals surface area (Å²) in [6.45, 7) is 2.63. The van der Waals surface area contributed by atoms with Gasteiger partial charge in [-0.05, 0) is 24.1 Å². The molecule has 1 heterocycles. The molecule has 132 valence electrons. The average molecular weight is 355 g/mol. The molecule has 0 aliphatic carbocycles. The van der Waals surface area contributed by atoms with Gasteiger partial charge in [-0.3, -0.25) is 9.59 Å². The lowest BCUT2D eigenvalue weighted by Crippen LogP contribution is -2.46. The predicted octanol–water partition coefficient (Wildman–Crippen LogP) is 0.968. The Bertz CT molecular complexity index is 743. The van der Waals surface area contributed by atoms with Crippen molar-refractivity contribution in [2.24, 2.45) is 0 Å². The number of carbonyl (C=O) groups excluding carboxylic acids is 1. The van der Waals surface area contributed by atoms with Gasteiger partial charge in [-0.2, -0.15) is 0 Å². The maximum absolute atomic E-state index is 12.6. The third kappa shape index (κ3) is 4.33. The van der Waals surface area contributed by atoms with Crippen molar-refractivity contribution in [3.63, 3.8) is 0 Å². The van der Waals surface area contributed by atoms with E-state index in [0.29, 0.717) is 18.5 Å². The van der Waals surface area contributed by atoms with Crippen molar-refractivity contribution in [3.05, 3.63) is 29.3 Å². The van der Waals surface area contributed by atoms with E-state index >= 15 is 0 Å². The second-order valence-electron chi connectivity index (χ2n) is 5.79. The number of sulfone groups is 1. The monoisotopic (exact) mass is 355 g/mol. The molecule has 1 amide bonds. The third-order valence-electron chi connectivity index (χ3n) is 3.92. The molecule has 0 spiro atoms. The van der Waals surface area contributed by atoms with Crippen LogP contribution in [0.3, 0.4) is 0 Å². The molecule has 1 N–H and O–H groups in total. The van der Waals surface area contributed by atoms with Gasteiger partial charge in [-0.1, -0.05) is 13.0 Å². The normalized spacial score (nSPS) is 18.4. The standard InChI is InChI=1S/C16H21NO6S/c1-3-11-4-5-12(8-14(11)24(2,21)22)16(20)17-6-7-23-13(10-17)9-15(18)19/h4-5,8,13H,3,6-7,9-10H2,1-2H3,(H,18,19). The van der Waals surface area contributed by atoms with Gasteiger partial charge in [0.1, 0.15) is 0 Å². The van der Waals surface area contributed by atoms with Crippen LogP contribution >= 0.6 is 0 Å². The molecule has 0 bridgehead atoms. The van der Waals surface area contributed by atoms with Crippen LogP contribution in [-0.4, -0.2) is 62.4 Å². The molecule has 1 unspecified atom stereocenters. The van der Waals surface area contributed by atoms with Gasteiger partial charge in [0.05, 0.1) is 24.0 Å². The highest BCUT2D eigenvalue weighted by Gasteiger charge is 2.27. The molecule has 0 aromatic heterocycles. The van der Waals surface area contributed by atoms with Crippen LogP contribution in [0.25, 0.3) is 0 Å². The number of ether oxygens (including phenoxy) is 1. The molecule has 1 aromatic carbocycles. The summed E-state index contributed by atoms with van der Waals surface area (Å²) >= 11 is 0. The number of rotatable bonds is 5. The molecular formula is C16H21NO6S. The number of aryl methyl sites for hydroxylation is 1. The van der Waals surface area contributed by atoms with Crippen molar-refractivity contribution in [2.75, 3.05) is 26.0 Å². The molecule has 1 saturated heterocycles. The fourth-order valence-electron chi connectivity index (χ4n) is 2.73. The van der Waals surface area contributed by atoms with Crippen LogP contribution in [0.15, 0.2) is 23.1 Å². The largest absolute Gasteiger partial charge is 0.481 e. The lowest BCUT2D eigenvalue weighted by atomic mass is 10.1. The summed E-state index contributed by atoms with van der Waals surface area (Å²) in [7, 11) is -3.43. The Balaban J connectivity index is 2.25. The smallest absolute Gasteiger partial charge is 0.306 e. The van der Waals surface area contributed by atoms with Crippen LogP contribution in [0.2, 0.25) is 0 Å². The number of nitrogens with zero attached hydrogens (tertiary/aromatic N) is 1. The molecule has 8 heteroatoms. The van der Waals surface area contributed by atoms with E-state index in [0.717, 1.165) is 6.26 Å². The van der Waals surface area contributed by atoms with Crippen LogP contribution in [0.5, 0.6) is 0 Å². The summed E-state index contributed by atoms with van der Waals surface area (Å²) in [5.41, 5.74) is 0.948. The van der Waals surface area contributed by atoms with Crippen molar-refractivity contribution in [2.45, 2.75) is 30.8 Å². The third-order valence-corrected chi connectivity index (χ3v) is 5.10. The minimum Gasteiger partial charge on any atom is -0.481 e. The summed E-state index contributed by atoms with van der Waals surface area (Å²) in [5.74, 6) is -1.30. The summed E-state index contributed by atoms with van der Waals surface area (Å²) in [6.07, 6.45) is 0.944. The zero-order valence-corrected chi connectivity index (χ0v) is 14.5. The molecule has 0 radical (unpaired) electrons. The molecule has 1 atom stereocenters. The summed E-state index contributed by atoms with van der Waals surface area (Å²) in [4.78, 5) is 25.1. The second kappa shape index (κ2) is 7.31. The molecule has 24 heavy (non-hydrogen) atoms. The van der Waals surface area contributed by atoms with E-state index in [-0.39, 0.29) is 35.9 Å². The van der Waals surface area contributed by atoms with Crippen molar-refractivity contribution >= 4 is 21.7 Å². The highest BCUT2D eigenvalue weighted by atomic mass is 32.2. The SMILES string of the molecule is CCc1ccc(C(=O)N2CCOC(CC(=O)O)C2)cc1S(C)(=O)=O. The Labute approximate surface area is 141 Å². The topological polar surface area (TPSA) is 101 Å². The van der Waals surface area contributed by atoms with Gasteiger partial charge < -0.3 is 14.7 Å². The number of benzene rings is 1. The number of morpholine rings is 1. The highest BCUT2D eigenvalue weighted by molar-refractivity contribution is 7.90. The first kappa shape index (κ1) is 18.4. The van der Waals surface area contributed by atoms with E-state index in [4.69, 9.17) is 9.84 Å². The molecule has 1 aliphatic rings. The van der Waals surface area contributed by atoms with Crippen molar-refractivity contribution in [1.29, 1.82) is 0 Å². The Kier molecular flexibility index (Phi) is 5.61. The zero-order valence-electron chi connectivity index (χ0n) is 13.7. The van der Waals surface area contributed by atoms with Crippen molar-refractivity contribution in [1.82, 2.24) is 4.90 Å². The molecule has 1 aromatic rings.